The Labute approximate surface area is 96.5 Å². The van der Waals surface area contributed by atoms with E-state index in [-0.39, 0.29) is 0 Å². The SMILES string of the molecule is Brc1c(-c2ccco2)ccc2c1C=CC2. The number of halogens is 1. The first-order valence-electron chi connectivity index (χ1n) is 4.88. The third-order valence-corrected chi connectivity index (χ3v) is 3.53. The molecule has 1 aromatic carbocycles. The highest BCUT2D eigenvalue weighted by molar-refractivity contribution is 9.10. The molecular weight excluding hydrogens is 252 g/mol. The van der Waals surface area contributed by atoms with Gasteiger partial charge >= 0.3 is 0 Å². The van der Waals surface area contributed by atoms with E-state index in [2.05, 4.69) is 40.2 Å². The largest absolute Gasteiger partial charge is 0.464 e. The van der Waals surface area contributed by atoms with E-state index in [0.29, 0.717) is 0 Å². The maximum absolute atomic E-state index is 5.41. The number of hydrogen-bond acceptors (Lipinski definition) is 1. The summed E-state index contributed by atoms with van der Waals surface area (Å²) in [5.74, 6) is 0.907. The Hall–Kier alpha value is -1.28. The van der Waals surface area contributed by atoms with Gasteiger partial charge in [0.05, 0.1) is 6.26 Å². The molecule has 0 fully saturated rings. The summed E-state index contributed by atoms with van der Waals surface area (Å²) in [6, 6.07) is 8.16. The Morgan fingerprint density at radius 3 is 2.93 bits per heavy atom. The number of rotatable bonds is 1. The number of furan rings is 1. The van der Waals surface area contributed by atoms with Gasteiger partial charge in [0.25, 0.3) is 0 Å². The first kappa shape index (κ1) is 8.98. The zero-order valence-electron chi connectivity index (χ0n) is 8.03. The van der Waals surface area contributed by atoms with Gasteiger partial charge in [-0.15, -0.1) is 0 Å². The molecule has 2 aromatic rings. The minimum Gasteiger partial charge on any atom is -0.464 e. The van der Waals surface area contributed by atoms with Gasteiger partial charge in [-0.25, -0.2) is 0 Å². The van der Waals surface area contributed by atoms with E-state index in [9.17, 15) is 0 Å². The zero-order chi connectivity index (χ0) is 10.3. The molecule has 3 rings (SSSR count). The van der Waals surface area contributed by atoms with Crippen LogP contribution >= 0.6 is 15.9 Å². The Morgan fingerprint density at radius 2 is 2.13 bits per heavy atom. The van der Waals surface area contributed by atoms with Crippen molar-refractivity contribution in [1.82, 2.24) is 0 Å². The van der Waals surface area contributed by atoms with Crippen molar-refractivity contribution < 1.29 is 4.42 Å². The van der Waals surface area contributed by atoms with Crippen LogP contribution in [0.25, 0.3) is 17.4 Å². The first-order chi connectivity index (χ1) is 7.36. The Kier molecular flexibility index (Phi) is 2.03. The third-order valence-electron chi connectivity index (χ3n) is 2.68. The topological polar surface area (TPSA) is 13.1 Å². The molecule has 15 heavy (non-hydrogen) atoms. The average molecular weight is 261 g/mol. The van der Waals surface area contributed by atoms with Crippen LogP contribution in [-0.4, -0.2) is 0 Å². The fourth-order valence-electron chi connectivity index (χ4n) is 1.92. The highest BCUT2D eigenvalue weighted by Crippen LogP contribution is 2.36. The molecule has 1 heterocycles. The molecule has 0 bridgehead atoms. The summed E-state index contributed by atoms with van der Waals surface area (Å²) in [6.07, 6.45) is 7.07. The predicted molar refractivity (Wildman–Crippen MR) is 64.6 cm³/mol. The highest BCUT2D eigenvalue weighted by atomic mass is 79.9. The summed E-state index contributed by atoms with van der Waals surface area (Å²) in [5, 5.41) is 0. The van der Waals surface area contributed by atoms with Gasteiger partial charge in [-0.05, 0) is 51.7 Å². The lowest BCUT2D eigenvalue weighted by Gasteiger charge is -2.06. The van der Waals surface area contributed by atoms with Crippen LogP contribution in [0.3, 0.4) is 0 Å². The van der Waals surface area contributed by atoms with Gasteiger partial charge in [0.15, 0.2) is 0 Å². The molecule has 0 saturated heterocycles. The molecule has 0 atom stereocenters. The van der Waals surface area contributed by atoms with Crippen LogP contribution in [0.1, 0.15) is 11.1 Å². The molecule has 74 valence electrons. The summed E-state index contributed by atoms with van der Waals surface area (Å²) in [7, 11) is 0. The molecule has 0 unspecified atom stereocenters. The van der Waals surface area contributed by atoms with Gasteiger partial charge in [0, 0.05) is 10.0 Å². The van der Waals surface area contributed by atoms with Gasteiger partial charge in [-0.3, -0.25) is 0 Å². The standard InChI is InChI=1S/C13H9BrO/c14-13-10-4-1-3-9(10)6-7-11(13)12-5-2-8-15-12/h1-2,4-8H,3H2. The lowest BCUT2D eigenvalue weighted by molar-refractivity contribution is 0.582. The van der Waals surface area contributed by atoms with Crippen molar-refractivity contribution >= 4 is 22.0 Å². The maximum atomic E-state index is 5.41. The summed E-state index contributed by atoms with van der Waals surface area (Å²) in [4.78, 5) is 0. The van der Waals surface area contributed by atoms with E-state index in [1.165, 1.54) is 11.1 Å². The second-order valence-corrected chi connectivity index (χ2v) is 4.38. The summed E-state index contributed by atoms with van der Waals surface area (Å²) < 4.78 is 6.53. The lowest BCUT2D eigenvalue weighted by Crippen LogP contribution is -1.86. The van der Waals surface area contributed by atoms with Crippen LogP contribution in [0, 0.1) is 0 Å². The van der Waals surface area contributed by atoms with Crippen LogP contribution in [-0.2, 0) is 6.42 Å². The number of benzene rings is 1. The van der Waals surface area contributed by atoms with E-state index >= 15 is 0 Å². The molecule has 0 saturated carbocycles. The van der Waals surface area contributed by atoms with Crippen molar-refractivity contribution in [2.24, 2.45) is 0 Å². The van der Waals surface area contributed by atoms with Gasteiger partial charge in [0.2, 0.25) is 0 Å². The fraction of sp³-hybridized carbons (Fsp3) is 0.0769. The van der Waals surface area contributed by atoms with Crippen molar-refractivity contribution in [3.63, 3.8) is 0 Å². The smallest absolute Gasteiger partial charge is 0.135 e. The van der Waals surface area contributed by atoms with E-state index < -0.39 is 0 Å². The van der Waals surface area contributed by atoms with Crippen LogP contribution in [0.4, 0.5) is 0 Å². The normalized spacial score (nSPS) is 13.1. The van der Waals surface area contributed by atoms with Crippen LogP contribution in [0.5, 0.6) is 0 Å². The Morgan fingerprint density at radius 1 is 1.20 bits per heavy atom. The maximum Gasteiger partial charge on any atom is 0.135 e. The second kappa shape index (κ2) is 3.38. The quantitative estimate of drug-likeness (QED) is 0.746. The molecule has 0 radical (unpaired) electrons. The van der Waals surface area contributed by atoms with Crippen LogP contribution < -0.4 is 0 Å². The minimum absolute atomic E-state index is 0.907. The van der Waals surface area contributed by atoms with E-state index in [0.717, 1.165) is 22.2 Å². The van der Waals surface area contributed by atoms with E-state index in [1.54, 1.807) is 6.26 Å². The van der Waals surface area contributed by atoms with Crippen molar-refractivity contribution in [3.05, 3.63) is 52.2 Å². The van der Waals surface area contributed by atoms with Gasteiger partial charge in [0.1, 0.15) is 5.76 Å². The molecule has 1 aromatic heterocycles. The number of hydrogen-bond donors (Lipinski definition) is 0. The van der Waals surface area contributed by atoms with Crippen LogP contribution in [0.15, 0.2) is 45.5 Å². The molecule has 1 aliphatic rings. The molecule has 0 N–H and O–H groups in total. The highest BCUT2D eigenvalue weighted by Gasteiger charge is 2.14. The van der Waals surface area contributed by atoms with Crippen molar-refractivity contribution in [3.8, 4) is 11.3 Å². The summed E-state index contributed by atoms with van der Waals surface area (Å²) in [5.41, 5.74) is 3.77. The molecular formula is C13H9BrO. The number of fused-ring (bicyclic) bond motifs is 1. The van der Waals surface area contributed by atoms with Crippen molar-refractivity contribution in [2.75, 3.05) is 0 Å². The minimum atomic E-state index is 0.907. The first-order valence-corrected chi connectivity index (χ1v) is 5.67. The second-order valence-electron chi connectivity index (χ2n) is 3.58. The van der Waals surface area contributed by atoms with Crippen LogP contribution in [0.2, 0.25) is 0 Å². The molecule has 0 aliphatic heterocycles. The molecule has 1 nitrogen and oxygen atoms in total. The summed E-state index contributed by atoms with van der Waals surface area (Å²) >= 11 is 3.64. The van der Waals surface area contributed by atoms with Gasteiger partial charge < -0.3 is 4.42 Å². The van der Waals surface area contributed by atoms with Crippen molar-refractivity contribution in [2.45, 2.75) is 6.42 Å². The Balaban J connectivity index is 2.22. The number of allylic oxidation sites excluding steroid dienone is 1. The monoisotopic (exact) mass is 260 g/mol. The van der Waals surface area contributed by atoms with E-state index in [1.807, 2.05) is 12.1 Å². The van der Waals surface area contributed by atoms with Crippen molar-refractivity contribution in [1.29, 1.82) is 0 Å². The zero-order valence-corrected chi connectivity index (χ0v) is 9.62. The third kappa shape index (κ3) is 1.37. The Bertz CT molecular complexity index is 524. The fourth-order valence-corrected chi connectivity index (χ4v) is 2.63. The molecule has 0 spiro atoms. The van der Waals surface area contributed by atoms with E-state index in [4.69, 9.17) is 4.42 Å². The van der Waals surface area contributed by atoms with Gasteiger partial charge in [-0.2, -0.15) is 0 Å². The molecule has 1 aliphatic carbocycles. The van der Waals surface area contributed by atoms with Gasteiger partial charge in [-0.1, -0.05) is 18.2 Å². The lowest BCUT2D eigenvalue weighted by atomic mass is 10.0. The molecule has 0 amide bonds. The molecule has 2 heteroatoms. The average Bonchev–Trinajstić information content (AvgIpc) is 2.87. The predicted octanol–water partition coefficient (Wildman–Crippen LogP) is 4.28. The summed E-state index contributed by atoms with van der Waals surface area (Å²) in [6.45, 7) is 0.